The summed E-state index contributed by atoms with van der Waals surface area (Å²) in [7, 11) is 0. The Balaban J connectivity index is 1.84. The van der Waals surface area contributed by atoms with Crippen molar-refractivity contribution in [2.75, 3.05) is 0 Å². The molecule has 114 valence electrons. The molecule has 2 rings (SSSR count). The number of hydrogen-bond donors (Lipinski definition) is 1. The first-order valence-electron chi connectivity index (χ1n) is 7.29. The molecular weight excluding hydrogens is 398 g/mol. The van der Waals surface area contributed by atoms with Gasteiger partial charge in [-0.3, -0.25) is 9.59 Å². The van der Waals surface area contributed by atoms with Crippen molar-refractivity contribution in [2.45, 2.75) is 49.4 Å². The molecule has 5 heteroatoms. The Bertz CT molecular complexity index is 496. The molecule has 1 aromatic carbocycles. The summed E-state index contributed by atoms with van der Waals surface area (Å²) in [5.74, 6) is -0.101. The summed E-state index contributed by atoms with van der Waals surface area (Å²) in [5.41, 5.74) is 0.616. The molecular formula is C16H19Br2NO2. The number of rotatable bonds is 5. The van der Waals surface area contributed by atoms with Gasteiger partial charge in [0.2, 0.25) is 5.91 Å². The lowest BCUT2D eigenvalue weighted by atomic mass is 9.95. The Morgan fingerprint density at radius 3 is 2.38 bits per heavy atom. The number of carbonyl (C=O) groups excluding carboxylic acids is 2. The van der Waals surface area contributed by atoms with E-state index in [1.165, 1.54) is 19.3 Å². The van der Waals surface area contributed by atoms with Gasteiger partial charge >= 0.3 is 0 Å². The van der Waals surface area contributed by atoms with Crippen LogP contribution in [0, 0.1) is 0 Å². The number of amides is 1. The number of halogens is 2. The Labute approximate surface area is 142 Å². The molecule has 21 heavy (non-hydrogen) atoms. The first-order valence-corrected chi connectivity index (χ1v) is 9.00. The summed E-state index contributed by atoms with van der Waals surface area (Å²) in [6.45, 7) is 0. The maximum atomic E-state index is 12.2. The minimum Gasteiger partial charge on any atom is -0.353 e. The zero-order chi connectivity index (χ0) is 15.2. The third kappa shape index (κ3) is 5.22. The van der Waals surface area contributed by atoms with Crippen molar-refractivity contribution in [3.8, 4) is 0 Å². The highest BCUT2D eigenvalue weighted by Gasteiger charge is 2.22. The van der Waals surface area contributed by atoms with E-state index >= 15 is 0 Å². The highest BCUT2D eigenvalue weighted by Crippen LogP contribution is 2.19. The number of hydrogen-bond acceptors (Lipinski definition) is 2. The zero-order valence-electron chi connectivity index (χ0n) is 11.8. The van der Waals surface area contributed by atoms with Crippen molar-refractivity contribution in [1.82, 2.24) is 5.32 Å². The average Bonchev–Trinajstić information content (AvgIpc) is 2.48. The van der Waals surface area contributed by atoms with Crippen LogP contribution in [-0.4, -0.2) is 22.6 Å². The first kappa shape index (κ1) is 16.7. The van der Waals surface area contributed by atoms with E-state index in [1.54, 1.807) is 12.1 Å². The fourth-order valence-corrected chi connectivity index (χ4v) is 3.41. The molecule has 1 fully saturated rings. The van der Waals surface area contributed by atoms with Crippen LogP contribution in [0.1, 0.15) is 48.9 Å². The van der Waals surface area contributed by atoms with Gasteiger partial charge in [-0.25, -0.2) is 0 Å². The minimum absolute atomic E-state index is 0.0470. The van der Waals surface area contributed by atoms with Crippen LogP contribution >= 0.6 is 31.9 Å². The Hall–Kier alpha value is -0.680. The predicted molar refractivity (Wildman–Crippen MR) is 90.8 cm³/mol. The van der Waals surface area contributed by atoms with Gasteiger partial charge in [0.15, 0.2) is 5.78 Å². The maximum Gasteiger partial charge on any atom is 0.221 e. The fraction of sp³-hybridized carbons (Fsp3) is 0.500. The van der Waals surface area contributed by atoms with E-state index in [2.05, 4.69) is 37.2 Å². The smallest absolute Gasteiger partial charge is 0.221 e. The SMILES string of the molecule is O=C(CC(Br)C(=O)c1ccc(Br)cc1)NC1CCCCC1. The molecule has 1 aromatic rings. The molecule has 0 radical (unpaired) electrons. The molecule has 1 N–H and O–H groups in total. The van der Waals surface area contributed by atoms with Crippen molar-refractivity contribution in [1.29, 1.82) is 0 Å². The maximum absolute atomic E-state index is 12.2. The predicted octanol–water partition coefficient (Wildman–Crippen LogP) is 4.23. The second-order valence-electron chi connectivity index (χ2n) is 5.45. The molecule has 0 spiro atoms. The van der Waals surface area contributed by atoms with Gasteiger partial charge in [0, 0.05) is 22.5 Å². The van der Waals surface area contributed by atoms with Crippen LogP contribution in [-0.2, 0) is 4.79 Å². The van der Waals surface area contributed by atoms with E-state index in [1.807, 2.05) is 12.1 Å². The monoisotopic (exact) mass is 415 g/mol. The van der Waals surface area contributed by atoms with Gasteiger partial charge in [0.25, 0.3) is 0 Å². The number of carbonyl (C=O) groups is 2. The van der Waals surface area contributed by atoms with E-state index in [0.717, 1.165) is 17.3 Å². The standard InChI is InChI=1S/C16H19Br2NO2/c17-12-8-6-11(7-9-12)16(21)14(18)10-15(20)19-13-4-2-1-3-5-13/h6-9,13-14H,1-5,10H2,(H,19,20). The molecule has 0 bridgehead atoms. The van der Waals surface area contributed by atoms with Crippen LogP contribution < -0.4 is 5.32 Å². The third-order valence-electron chi connectivity index (χ3n) is 3.75. The van der Waals surface area contributed by atoms with Crippen molar-refractivity contribution in [3.63, 3.8) is 0 Å². The van der Waals surface area contributed by atoms with E-state index in [4.69, 9.17) is 0 Å². The summed E-state index contributed by atoms with van der Waals surface area (Å²) in [6.07, 6.45) is 5.92. The highest BCUT2D eigenvalue weighted by atomic mass is 79.9. The molecule has 0 saturated heterocycles. The topological polar surface area (TPSA) is 46.2 Å². The van der Waals surface area contributed by atoms with Gasteiger partial charge in [-0.2, -0.15) is 0 Å². The Morgan fingerprint density at radius 2 is 1.76 bits per heavy atom. The summed E-state index contributed by atoms with van der Waals surface area (Å²) in [5, 5.41) is 3.04. The van der Waals surface area contributed by atoms with E-state index in [-0.39, 0.29) is 24.2 Å². The third-order valence-corrected chi connectivity index (χ3v) is 5.02. The summed E-state index contributed by atoms with van der Waals surface area (Å²) in [4.78, 5) is 23.8. The molecule has 1 atom stereocenters. The Kier molecular flexibility index (Phi) is 6.42. The van der Waals surface area contributed by atoms with Gasteiger partial charge in [0.1, 0.15) is 0 Å². The van der Waals surface area contributed by atoms with Crippen LogP contribution in [0.2, 0.25) is 0 Å². The largest absolute Gasteiger partial charge is 0.353 e. The van der Waals surface area contributed by atoms with Crippen molar-refractivity contribution >= 4 is 43.6 Å². The van der Waals surface area contributed by atoms with Gasteiger partial charge in [-0.1, -0.05) is 63.3 Å². The fourth-order valence-electron chi connectivity index (χ4n) is 2.58. The highest BCUT2D eigenvalue weighted by molar-refractivity contribution is 9.10. The molecule has 1 unspecified atom stereocenters. The number of Topliss-reactive ketones (excluding diaryl/α,β-unsaturated/α-hetero) is 1. The van der Waals surface area contributed by atoms with Crippen LogP contribution in [0.5, 0.6) is 0 Å². The van der Waals surface area contributed by atoms with Crippen LogP contribution in [0.15, 0.2) is 28.7 Å². The van der Waals surface area contributed by atoms with E-state index in [0.29, 0.717) is 5.56 Å². The van der Waals surface area contributed by atoms with Gasteiger partial charge in [0.05, 0.1) is 4.83 Å². The van der Waals surface area contributed by atoms with E-state index < -0.39 is 4.83 Å². The first-order chi connectivity index (χ1) is 10.1. The number of benzene rings is 1. The lowest BCUT2D eigenvalue weighted by molar-refractivity contribution is -0.121. The lowest BCUT2D eigenvalue weighted by Gasteiger charge is -2.23. The second-order valence-corrected chi connectivity index (χ2v) is 7.47. The average molecular weight is 417 g/mol. The molecule has 1 amide bonds. The number of alkyl halides is 1. The molecule has 1 aliphatic carbocycles. The van der Waals surface area contributed by atoms with Crippen LogP contribution in [0.25, 0.3) is 0 Å². The molecule has 0 aliphatic heterocycles. The molecule has 0 heterocycles. The number of nitrogens with one attached hydrogen (secondary N) is 1. The van der Waals surface area contributed by atoms with Crippen molar-refractivity contribution in [2.24, 2.45) is 0 Å². The second kappa shape index (κ2) is 8.08. The lowest BCUT2D eigenvalue weighted by Crippen LogP contribution is -2.38. The van der Waals surface area contributed by atoms with Crippen LogP contribution in [0.4, 0.5) is 0 Å². The number of ketones is 1. The summed E-state index contributed by atoms with van der Waals surface area (Å²) in [6, 6.07) is 7.47. The summed E-state index contributed by atoms with van der Waals surface area (Å²) >= 11 is 6.68. The normalized spacial score (nSPS) is 17.2. The molecule has 3 nitrogen and oxygen atoms in total. The molecule has 1 saturated carbocycles. The summed E-state index contributed by atoms with van der Waals surface area (Å²) < 4.78 is 0.931. The van der Waals surface area contributed by atoms with Gasteiger partial charge in [-0.05, 0) is 25.0 Å². The van der Waals surface area contributed by atoms with Crippen molar-refractivity contribution in [3.05, 3.63) is 34.3 Å². The minimum atomic E-state index is -0.470. The Morgan fingerprint density at radius 1 is 1.14 bits per heavy atom. The quantitative estimate of drug-likeness (QED) is 0.576. The van der Waals surface area contributed by atoms with E-state index in [9.17, 15) is 9.59 Å². The molecule has 1 aliphatic rings. The van der Waals surface area contributed by atoms with Gasteiger partial charge in [-0.15, -0.1) is 0 Å². The zero-order valence-corrected chi connectivity index (χ0v) is 15.0. The van der Waals surface area contributed by atoms with Crippen molar-refractivity contribution < 1.29 is 9.59 Å². The van der Waals surface area contributed by atoms with Crippen LogP contribution in [0.3, 0.4) is 0 Å². The molecule has 0 aromatic heterocycles. The van der Waals surface area contributed by atoms with Gasteiger partial charge < -0.3 is 5.32 Å².